The molecule has 2 aromatic carbocycles. The fourth-order valence-corrected chi connectivity index (χ4v) is 14.8. The Morgan fingerprint density at radius 1 is 0.818 bits per heavy atom. The van der Waals surface area contributed by atoms with Gasteiger partial charge in [-0.05, 0) is 114 Å². The molecule has 5 aliphatic carbocycles. The van der Waals surface area contributed by atoms with Crippen LogP contribution in [0.5, 0.6) is 0 Å². The lowest BCUT2D eigenvalue weighted by Gasteiger charge is -2.72. The number of rotatable bonds is 5. The molecule has 9 nitrogen and oxygen atoms in total. The standard InChI is InChI=1S/C46H59N3O6/c1-27(2)46-24-23-45(26-54-28(3)50)22-21-44(9)37(38(45)46)33(48-39(52)47(40(53)49(46)48)32-16-12-14-30-13-10-11-15-31(30)32)25-35-42(7)19-18-36(55-29(4)51)41(5,6)34(42)17-20-43(35,44)8/h10-16,27,33-36H,17-26H2,1-9H3/t33?,34?,35?,36-,42-,43+,44+,45-,46?/m0/s1. The van der Waals surface area contributed by atoms with Gasteiger partial charge < -0.3 is 9.47 Å². The first-order valence-electron chi connectivity index (χ1n) is 20.9. The molecule has 2 heterocycles. The number of carbonyl (C=O) groups is 2. The molecule has 0 spiro atoms. The van der Waals surface area contributed by atoms with Gasteiger partial charge in [-0.2, -0.15) is 0 Å². The van der Waals surface area contributed by atoms with Gasteiger partial charge in [0.1, 0.15) is 12.7 Å². The zero-order valence-corrected chi connectivity index (χ0v) is 34.3. The Morgan fingerprint density at radius 3 is 2.24 bits per heavy atom. The van der Waals surface area contributed by atoms with E-state index in [1.807, 2.05) is 51.8 Å². The fourth-order valence-electron chi connectivity index (χ4n) is 14.8. The number of fused-ring (bicyclic) bond motifs is 8. The maximum absolute atomic E-state index is 15.5. The number of aromatic nitrogens is 3. The second kappa shape index (κ2) is 11.6. The molecule has 9 rings (SSSR count). The molecule has 1 aromatic heterocycles. The first kappa shape index (κ1) is 36.7. The Labute approximate surface area is 324 Å². The van der Waals surface area contributed by atoms with Gasteiger partial charge in [-0.1, -0.05) is 84.9 Å². The molecule has 4 unspecified atom stereocenters. The smallest absolute Gasteiger partial charge is 0.352 e. The van der Waals surface area contributed by atoms with Crippen LogP contribution in [0.25, 0.3) is 16.5 Å². The lowest BCUT2D eigenvalue weighted by molar-refractivity contribution is -0.218. The van der Waals surface area contributed by atoms with E-state index in [9.17, 15) is 9.59 Å². The lowest BCUT2D eigenvalue weighted by atomic mass is 9.33. The maximum atomic E-state index is 15.5. The number of allylic oxidation sites excluding steroid dienone is 1. The minimum Gasteiger partial charge on any atom is -0.465 e. The minimum absolute atomic E-state index is 0.000330. The summed E-state index contributed by atoms with van der Waals surface area (Å²) >= 11 is 0. The van der Waals surface area contributed by atoms with E-state index in [1.54, 1.807) is 0 Å². The van der Waals surface area contributed by atoms with E-state index in [1.165, 1.54) is 29.6 Å². The molecule has 0 radical (unpaired) electrons. The number of hydrogen-bond acceptors (Lipinski definition) is 6. The molecule has 9 heteroatoms. The summed E-state index contributed by atoms with van der Waals surface area (Å²) in [6.07, 6.45) is 7.78. The van der Waals surface area contributed by atoms with Crippen molar-refractivity contribution in [1.29, 1.82) is 0 Å². The van der Waals surface area contributed by atoms with Crippen molar-refractivity contribution in [2.45, 2.75) is 138 Å². The van der Waals surface area contributed by atoms with E-state index in [4.69, 9.17) is 9.47 Å². The average molecular weight is 750 g/mol. The van der Waals surface area contributed by atoms with Gasteiger partial charge in [-0.3, -0.25) is 9.59 Å². The number of nitrogens with zero attached hydrogens (tertiary/aromatic N) is 3. The predicted molar refractivity (Wildman–Crippen MR) is 212 cm³/mol. The summed E-state index contributed by atoms with van der Waals surface area (Å²) < 4.78 is 17.3. The zero-order chi connectivity index (χ0) is 39.2. The normalized spacial score (nSPS) is 38.2. The Balaban J connectivity index is 1.32. The highest BCUT2D eigenvalue weighted by Crippen LogP contribution is 2.79. The van der Waals surface area contributed by atoms with Crippen LogP contribution in [0, 0.1) is 44.8 Å². The van der Waals surface area contributed by atoms with E-state index in [-0.39, 0.29) is 69.0 Å². The maximum Gasteiger partial charge on any atom is 0.352 e. The fraction of sp³-hybridized carbons (Fsp3) is 0.652. The summed E-state index contributed by atoms with van der Waals surface area (Å²) in [4.78, 5) is 55.8. The molecule has 0 bridgehead atoms. The van der Waals surface area contributed by atoms with Crippen molar-refractivity contribution in [2.75, 3.05) is 6.61 Å². The van der Waals surface area contributed by atoms with Crippen molar-refractivity contribution < 1.29 is 19.1 Å². The van der Waals surface area contributed by atoms with Gasteiger partial charge in [0.25, 0.3) is 0 Å². The Bertz CT molecular complexity index is 2300. The second-order valence-corrected chi connectivity index (χ2v) is 20.1. The summed E-state index contributed by atoms with van der Waals surface area (Å²) in [6.45, 7) is 19.9. The van der Waals surface area contributed by atoms with Crippen molar-refractivity contribution >= 4 is 22.7 Å². The number of esters is 2. The molecule has 0 amide bonds. The van der Waals surface area contributed by atoms with Gasteiger partial charge in [0, 0.05) is 30.1 Å². The van der Waals surface area contributed by atoms with Crippen molar-refractivity contribution in [2.24, 2.45) is 44.8 Å². The van der Waals surface area contributed by atoms with Gasteiger partial charge in [-0.15, -0.1) is 0 Å². The number of ether oxygens (including phenoxy) is 2. The second-order valence-electron chi connectivity index (χ2n) is 20.1. The Hall–Kier alpha value is -3.88. The van der Waals surface area contributed by atoms with Gasteiger partial charge >= 0.3 is 23.3 Å². The zero-order valence-electron chi connectivity index (χ0n) is 34.3. The molecule has 3 aromatic rings. The van der Waals surface area contributed by atoms with Crippen LogP contribution in [0.3, 0.4) is 0 Å². The van der Waals surface area contributed by atoms with Crippen LogP contribution >= 0.6 is 0 Å². The summed E-state index contributed by atoms with van der Waals surface area (Å²) in [7, 11) is 0. The molecule has 294 valence electrons. The van der Waals surface area contributed by atoms with E-state index in [0.29, 0.717) is 24.6 Å². The van der Waals surface area contributed by atoms with Crippen molar-refractivity contribution in [3.8, 4) is 5.69 Å². The molecule has 6 aliphatic rings. The van der Waals surface area contributed by atoms with E-state index in [0.717, 1.165) is 62.1 Å². The number of hydrogen-bond donors (Lipinski definition) is 0. The van der Waals surface area contributed by atoms with Crippen LogP contribution in [0.2, 0.25) is 0 Å². The van der Waals surface area contributed by atoms with Crippen LogP contribution < -0.4 is 11.4 Å². The first-order valence-corrected chi connectivity index (χ1v) is 20.9. The minimum atomic E-state index is -0.742. The largest absolute Gasteiger partial charge is 0.465 e. The monoisotopic (exact) mass is 749 g/mol. The van der Waals surface area contributed by atoms with Crippen molar-refractivity contribution in [3.63, 3.8) is 0 Å². The molecule has 55 heavy (non-hydrogen) atoms. The third-order valence-corrected chi connectivity index (χ3v) is 17.4. The molecule has 4 fully saturated rings. The van der Waals surface area contributed by atoms with E-state index < -0.39 is 11.0 Å². The predicted octanol–water partition coefficient (Wildman–Crippen LogP) is 8.49. The van der Waals surface area contributed by atoms with Gasteiger partial charge in [0.15, 0.2) is 0 Å². The van der Waals surface area contributed by atoms with Crippen LogP contribution in [0.4, 0.5) is 0 Å². The third kappa shape index (κ3) is 4.42. The highest BCUT2D eigenvalue weighted by molar-refractivity contribution is 5.90. The molecule has 1 aliphatic heterocycles. The first-order chi connectivity index (χ1) is 25.9. The van der Waals surface area contributed by atoms with Crippen LogP contribution in [-0.2, 0) is 24.6 Å². The van der Waals surface area contributed by atoms with Crippen LogP contribution in [0.15, 0.2) is 63.2 Å². The molecule has 0 saturated heterocycles. The third-order valence-electron chi connectivity index (χ3n) is 17.4. The van der Waals surface area contributed by atoms with Crippen molar-refractivity contribution in [1.82, 2.24) is 13.9 Å². The van der Waals surface area contributed by atoms with Crippen LogP contribution in [-0.4, -0.2) is 38.6 Å². The highest BCUT2D eigenvalue weighted by atomic mass is 16.5. The average Bonchev–Trinajstić information content (AvgIpc) is 3.61. The molecule has 0 N–H and O–H groups in total. The molecule has 9 atom stereocenters. The van der Waals surface area contributed by atoms with Crippen molar-refractivity contribution in [3.05, 3.63) is 74.6 Å². The lowest BCUT2D eigenvalue weighted by Crippen LogP contribution is -2.67. The molecular weight excluding hydrogens is 691 g/mol. The Morgan fingerprint density at radius 2 is 1.53 bits per heavy atom. The van der Waals surface area contributed by atoms with E-state index in [2.05, 4.69) is 48.5 Å². The molecular formula is C46H59N3O6. The molecule has 4 saturated carbocycles. The van der Waals surface area contributed by atoms with Gasteiger partial charge in [0.05, 0.1) is 17.3 Å². The highest BCUT2D eigenvalue weighted by Gasteiger charge is 2.73. The number of carbonyl (C=O) groups excluding carboxylic acids is 2. The van der Waals surface area contributed by atoms with E-state index >= 15 is 9.59 Å². The summed E-state index contributed by atoms with van der Waals surface area (Å²) in [6, 6.07) is 13.5. The Kier molecular flexibility index (Phi) is 7.75. The van der Waals surface area contributed by atoms with Gasteiger partial charge in [-0.25, -0.2) is 23.5 Å². The summed E-state index contributed by atoms with van der Waals surface area (Å²) in [5, 5.41) is 1.85. The van der Waals surface area contributed by atoms with Crippen LogP contribution in [0.1, 0.15) is 126 Å². The topological polar surface area (TPSA) is 102 Å². The summed E-state index contributed by atoms with van der Waals surface area (Å²) in [5.74, 6) is 0.0717. The van der Waals surface area contributed by atoms with Gasteiger partial charge in [0.2, 0.25) is 0 Å². The number of benzene rings is 2. The quantitative estimate of drug-likeness (QED) is 0.192. The summed E-state index contributed by atoms with van der Waals surface area (Å²) in [5.41, 5.74) is 0.916. The SMILES string of the molecule is CC(=O)OC[C@]12CCC3(C(C)C)C1=C1C(CC4[C@@]5(C)CC[C@H](OC(C)=O)C(C)(C)C5CC[C@@]4(C)[C@]1(C)CC2)n1c(=O)n(-c2cccc4ccccc24)c(=O)n13.